The highest BCUT2D eigenvalue weighted by molar-refractivity contribution is 6.08. The molecule has 0 bridgehead atoms. The Morgan fingerprint density at radius 3 is 2.70 bits per heavy atom. The first-order valence-corrected chi connectivity index (χ1v) is 7.18. The summed E-state index contributed by atoms with van der Waals surface area (Å²) in [5.41, 5.74) is 0.761. The van der Waals surface area contributed by atoms with Crippen molar-refractivity contribution in [2.45, 2.75) is 18.9 Å². The van der Waals surface area contributed by atoms with E-state index in [0.717, 1.165) is 42.3 Å². The van der Waals surface area contributed by atoms with Gasteiger partial charge in [-0.1, -0.05) is 42.5 Å². The van der Waals surface area contributed by atoms with Crippen molar-refractivity contribution >= 4 is 16.6 Å². The van der Waals surface area contributed by atoms with Crippen LogP contribution in [0.2, 0.25) is 0 Å². The largest absolute Gasteiger partial charge is 0.370 e. The molecule has 3 heteroatoms. The highest BCUT2D eigenvalue weighted by atomic mass is 16.5. The third-order valence-corrected chi connectivity index (χ3v) is 3.83. The van der Waals surface area contributed by atoms with Gasteiger partial charge in [0.25, 0.3) is 0 Å². The van der Waals surface area contributed by atoms with Crippen molar-refractivity contribution in [2.75, 3.05) is 19.7 Å². The lowest BCUT2D eigenvalue weighted by Gasteiger charge is -2.22. The van der Waals surface area contributed by atoms with E-state index in [-0.39, 0.29) is 18.5 Å². The van der Waals surface area contributed by atoms with E-state index in [4.69, 9.17) is 4.74 Å². The SMILES string of the molecule is O=C(COC1CCNCC1)c1cccc2ccccc12. The molecule has 2 aromatic carbocycles. The lowest BCUT2D eigenvalue weighted by molar-refractivity contribution is 0.0318. The molecule has 1 fully saturated rings. The van der Waals surface area contributed by atoms with Gasteiger partial charge in [0, 0.05) is 5.56 Å². The summed E-state index contributed by atoms with van der Waals surface area (Å²) in [7, 11) is 0. The number of Topliss-reactive ketones (excluding diaryl/α,β-unsaturated/α-hetero) is 1. The topological polar surface area (TPSA) is 38.3 Å². The predicted octanol–water partition coefficient (Wildman–Crippen LogP) is 2.79. The normalized spacial score (nSPS) is 16.4. The van der Waals surface area contributed by atoms with E-state index >= 15 is 0 Å². The molecule has 104 valence electrons. The molecule has 0 radical (unpaired) electrons. The van der Waals surface area contributed by atoms with Gasteiger partial charge in [-0.3, -0.25) is 4.79 Å². The summed E-state index contributed by atoms with van der Waals surface area (Å²) >= 11 is 0. The van der Waals surface area contributed by atoms with Crippen LogP contribution in [0, 0.1) is 0 Å². The van der Waals surface area contributed by atoms with Gasteiger partial charge in [-0.2, -0.15) is 0 Å². The Bertz CT molecular complexity index is 597. The van der Waals surface area contributed by atoms with Crippen LogP contribution in [-0.2, 0) is 4.74 Å². The third-order valence-electron chi connectivity index (χ3n) is 3.83. The number of fused-ring (bicyclic) bond motifs is 1. The molecular formula is C17H19NO2. The van der Waals surface area contributed by atoms with E-state index in [1.165, 1.54) is 0 Å². The molecule has 3 nitrogen and oxygen atoms in total. The van der Waals surface area contributed by atoms with E-state index in [0.29, 0.717) is 0 Å². The van der Waals surface area contributed by atoms with Gasteiger partial charge in [-0.15, -0.1) is 0 Å². The Morgan fingerprint density at radius 2 is 1.85 bits per heavy atom. The molecule has 1 saturated heterocycles. The van der Waals surface area contributed by atoms with Crippen LogP contribution in [0.5, 0.6) is 0 Å². The maximum absolute atomic E-state index is 12.4. The Balaban J connectivity index is 1.72. The van der Waals surface area contributed by atoms with E-state index in [2.05, 4.69) is 5.32 Å². The standard InChI is InChI=1S/C17H19NO2/c19-17(12-20-14-8-10-18-11-9-14)16-7-3-5-13-4-1-2-6-15(13)16/h1-7,14,18H,8-12H2. The zero-order chi connectivity index (χ0) is 13.8. The minimum absolute atomic E-state index is 0.0698. The van der Waals surface area contributed by atoms with Gasteiger partial charge in [-0.25, -0.2) is 0 Å². The summed E-state index contributed by atoms with van der Waals surface area (Å²) in [6.45, 7) is 2.14. The first-order valence-electron chi connectivity index (χ1n) is 7.18. The number of hydrogen-bond acceptors (Lipinski definition) is 3. The number of piperidine rings is 1. The van der Waals surface area contributed by atoms with Gasteiger partial charge in [0.1, 0.15) is 6.61 Å². The Kier molecular flexibility index (Phi) is 4.09. The summed E-state index contributed by atoms with van der Waals surface area (Å²) in [4.78, 5) is 12.4. The average molecular weight is 269 g/mol. The van der Waals surface area contributed by atoms with Crippen molar-refractivity contribution in [3.63, 3.8) is 0 Å². The van der Waals surface area contributed by atoms with Crippen LogP contribution >= 0.6 is 0 Å². The van der Waals surface area contributed by atoms with Crippen molar-refractivity contribution < 1.29 is 9.53 Å². The second kappa shape index (κ2) is 6.16. The monoisotopic (exact) mass is 269 g/mol. The van der Waals surface area contributed by atoms with Gasteiger partial charge in [0.2, 0.25) is 0 Å². The zero-order valence-corrected chi connectivity index (χ0v) is 11.5. The zero-order valence-electron chi connectivity index (χ0n) is 11.5. The molecule has 0 spiro atoms. The minimum Gasteiger partial charge on any atom is -0.370 e. The number of ether oxygens (including phenoxy) is 1. The summed E-state index contributed by atoms with van der Waals surface area (Å²) in [6.07, 6.45) is 2.20. The molecule has 0 aromatic heterocycles. The van der Waals surface area contributed by atoms with Crippen LogP contribution in [0.15, 0.2) is 42.5 Å². The van der Waals surface area contributed by atoms with Crippen molar-refractivity contribution in [1.29, 1.82) is 0 Å². The fourth-order valence-corrected chi connectivity index (χ4v) is 2.70. The van der Waals surface area contributed by atoms with Gasteiger partial charge in [-0.05, 0) is 36.7 Å². The molecule has 1 aliphatic rings. The predicted molar refractivity (Wildman–Crippen MR) is 80.1 cm³/mol. The molecule has 0 amide bonds. The van der Waals surface area contributed by atoms with Gasteiger partial charge >= 0.3 is 0 Å². The van der Waals surface area contributed by atoms with Crippen molar-refractivity contribution in [2.24, 2.45) is 0 Å². The molecule has 0 saturated carbocycles. The fraction of sp³-hybridized carbons (Fsp3) is 0.353. The second-order valence-electron chi connectivity index (χ2n) is 5.21. The molecule has 1 heterocycles. The number of benzene rings is 2. The number of carbonyl (C=O) groups excluding carboxylic acids is 1. The highest BCUT2D eigenvalue weighted by Gasteiger charge is 2.16. The van der Waals surface area contributed by atoms with E-state index in [1.807, 2.05) is 42.5 Å². The van der Waals surface area contributed by atoms with Crippen molar-refractivity contribution in [1.82, 2.24) is 5.32 Å². The summed E-state index contributed by atoms with van der Waals surface area (Å²) in [5, 5.41) is 5.40. The molecular weight excluding hydrogens is 250 g/mol. The summed E-state index contributed by atoms with van der Waals surface area (Å²) in [5.74, 6) is 0.0698. The third kappa shape index (κ3) is 2.89. The lowest BCUT2D eigenvalue weighted by Crippen LogP contribution is -2.33. The van der Waals surface area contributed by atoms with Crippen molar-refractivity contribution in [3.8, 4) is 0 Å². The fourth-order valence-electron chi connectivity index (χ4n) is 2.70. The number of carbonyl (C=O) groups is 1. The number of nitrogens with one attached hydrogen (secondary N) is 1. The van der Waals surface area contributed by atoms with E-state index < -0.39 is 0 Å². The van der Waals surface area contributed by atoms with E-state index in [9.17, 15) is 4.79 Å². The molecule has 1 N–H and O–H groups in total. The quantitative estimate of drug-likeness (QED) is 0.867. The first kappa shape index (κ1) is 13.3. The summed E-state index contributed by atoms with van der Waals surface area (Å²) in [6, 6.07) is 13.8. The minimum atomic E-state index is 0.0698. The van der Waals surface area contributed by atoms with Crippen LogP contribution in [0.1, 0.15) is 23.2 Å². The number of ketones is 1. The van der Waals surface area contributed by atoms with Crippen LogP contribution in [0.3, 0.4) is 0 Å². The Labute approximate surface area is 118 Å². The average Bonchev–Trinajstić information content (AvgIpc) is 2.53. The van der Waals surface area contributed by atoms with Crippen LogP contribution in [-0.4, -0.2) is 31.6 Å². The van der Waals surface area contributed by atoms with Crippen LogP contribution in [0.4, 0.5) is 0 Å². The number of rotatable bonds is 4. The Hall–Kier alpha value is -1.71. The summed E-state index contributed by atoms with van der Waals surface area (Å²) < 4.78 is 5.76. The second-order valence-corrected chi connectivity index (χ2v) is 5.21. The maximum atomic E-state index is 12.4. The molecule has 3 rings (SSSR count). The van der Waals surface area contributed by atoms with Crippen LogP contribution in [0.25, 0.3) is 10.8 Å². The highest BCUT2D eigenvalue weighted by Crippen LogP contribution is 2.19. The molecule has 1 aliphatic heterocycles. The van der Waals surface area contributed by atoms with Gasteiger partial charge in [0.15, 0.2) is 5.78 Å². The molecule has 2 aromatic rings. The molecule has 0 aliphatic carbocycles. The van der Waals surface area contributed by atoms with Gasteiger partial charge < -0.3 is 10.1 Å². The molecule has 20 heavy (non-hydrogen) atoms. The van der Waals surface area contributed by atoms with Crippen molar-refractivity contribution in [3.05, 3.63) is 48.0 Å². The first-order chi connectivity index (χ1) is 9.84. The maximum Gasteiger partial charge on any atom is 0.189 e. The lowest BCUT2D eigenvalue weighted by atomic mass is 10.0. The van der Waals surface area contributed by atoms with Crippen LogP contribution < -0.4 is 5.32 Å². The molecule has 0 atom stereocenters. The Morgan fingerprint density at radius 1 is 1.10 bits per heavy atom. The smallest absolute Gasteiger partial charge is 0.189 e. The number of hydrogen-bond donors (Lipinski definition) is 1. The molecule has 0 unspecified atom stereocenters. The van der Waals surface area contributed by atoms with E-state index in [1.54, 1.807) is 0 Å². The van der Waals surface area contributed by atoms with Gasteiger partial charge in [0.05, 0.1) is 6.10 Å².